The fourth-order valence-corrected chi connectivity index (χ4v) is 2.11. The van der Waals surface area contributed by atoms with Crippen molar-refractivity contribution in [3.05, 3.63) is 58.4 Å². The third kappa shape index (κ3) is 3.64. The van der Waals surface area contributed by atoms with E-state index in [1.807, 2.05) is 12.1 Å². The largest absolute Gasteiger partial charge is 0.356 e. The molecule has 0 aliphatic carbocycles. The van der Waals surface area contributed by atoms with Crippen LogP contribution in [0.5, 0.6) is 0 Å². The topological polar surface area (TPSA) is 65.2 Å². The maximum atomic E-state index is 12.2. The summed E-state index contributed by atoms with van der Waals surface area (Å²) in [6.07, 6.45) is 1.57. The molecule has 2 N–H and O–H groups in total. The third-order valence-corrected chi connectivity index (χ3v) is 3.31. The number of amides is 2. The molecule has 0 bridgehead atoms. The minimum Gasteiger partial charge on any atom is -0.356 e. The maximum absolute atomic E-state index is 12.2. The lowest BCUT2D eigenvalue weighted by atomic mass is 10.1. The molecule has 2 amide bonds. The van der Waals surface area contributed by atoms with Crippen LogP contribution in [0.15, 0.2) is 36.5 Å². The van der Waals surface area contributed by atoms with Gasteiger partial charge in [0, 0.05) is 32.4 Å². The van der Waals surface area contributed by atoms with Crippen molar-refractivity contribution in [3.8, 4) is 0 Å². The van der Waals surface area contributed by atoms with Gasteiger partial charge in [0.05, 0.1) is 5.02 Å². The summed E-state index contributed by atoms with van der Waals surface area (Å²) >= 11 is 5.79. The van der Waals surface area contributed by atoms with Crippen molar-refractivity contribution in [2.24, 2.45) is 0 Å². The van der Waals surface area contributed by atoms with E-state index in [2.05, 4.69) is 10.3 Å². The van der Waals surface area contributed by atoms with Crippen LogP contribution in [0.4, 0.5) is 0 Å². The zero-order chi connectivity index (χ0) is 15.4. The summed E-state index contributed by atoms with van der Waals surface area (Å²) < 4.78 is 0. The number of rotatable bonds is 4. The van der Waals surface area contributed by atoms with Gasteiger partial charge in [0.2, 0.25) is 0 Å². The summed E-state index contributed by atoms with van der Waals surface area (Å²) in [7, 11) is 3.30. The van der Waals surface area contributed by atoms with Crippen molar-refractivity contribution in [1.29, 1.82) is 0 Å². The SMILES string of the molecule is CNC(=O)c1ccc(CN(C)C(=O)c2cc(Cl)c[nH]2)cc1. The standard InChI is InChI=1S/C15H16ClN3O2/c1-17-14(20)11-5-3-10(4-6-11)9-19(2)15(21)13-7-12(16)8-18-13/h3-8,18H,9H2,1-2H3,(H,17,20). The predicted molar refractivity (Wildman–Crippen MR) is 81.4 cm³/mol. The number of nitrogens with one attached hydrogen (secondary N) is 2. The number of benzene rings is 1. The number of halogens is 1. The molecule has 2 rings (SSSR count). The molecule has 0 aliphatic heterocycles. The zero-order valence-electron chi connectivity index (χ0n) is 11.8. The Bertz CT molecular complexity index is 649. The first-order valence-electron chi connectivity index (χ1n) is 6.41. The molecule has 21 heavy (non-hydrogen) atoms. The molecule has 0 atom stereocenters. The number of nitrogens with zero attached hydrogens (tertiary/aromatic N) is 1. The Hall–Kier alpha value is -2.27. The molecule has 1 heterocycles. The highest BCUT2D eigenvalue weighted by atomic mass is 35.5. The molecule has 0 saturated heterocycles. The van der Waals surface area contributed by atoms with Crippen LogP contribution in [0.3, 0.4) is 0 Å². The molecule has 0 saturated carbocycles. The van der Waals surface area contributed by atoms with Gasteiger partial charge in [0.15, 0.2) is 0 Å². The molecule has 6 heteroatoms. The molecule has 0 fully saturated rings. The van der Waals surface area contributed by atoms with E-state index in [1.54, 1.807) is 43.4 Å². The molecule has 0 spiro atoms. The van der Waals surface area contributed by atoms with Crippen molar-refractivity contribution < 1.29 is 9.59 Å². The Morgan fingerprint density at radius 1 is 1.29 bits per heavy atom. The Morgan fingerprint density at radius 2 is 1.95 bits per heavy atom. The highest BCUT2D eigenvalue weighted by Crippen LogP contribution is 2.13. The van der Waals surface area contributed by atoms with Gasteiger partial charge < -0.3 is 15.2 Å². The average Bonchev–Trinajstić information content (AvgIpc) is 2.93. The number of hydrogen-bond acceptors (Lipinski definition) is 2. The van der Waals surface area contributed by atoms with E-state index in [1.165, 1.54) is 0 Å². The summed E-state index contributed by atoms with van der Waals surface area (Å²) in [5, 5.41) is 3.07. The lowest BCUT2D eigenvalue weighted by molar-refractivity contribution is 0.0779. The van der Waals surface area contributed by atoms with E-state index in [0.29, 0.717) is 22.8 Å². The molecule has 2 aromatic rings. The molecular formula is C15H16ClN3O2. The highest BCUT2D eigenvalue weighted by Gasteiger charge is 2.14. The molecule has 0 aliphatic rings. The van der Waals surface area contributed by atoms with E-state index < -0.39 is 0 Å². The molecule has 1 aromatic carbocycles. The van der Waals surface area contributed by atoms with Crippen molar-refractivity contribution in [3.63, 3.8) is 0 Å². The first-order valence-corrected chi connectivity index (χ1v) is 6.79. The van der Waals surface area contributed by atoms with E-state index in [9.17, 15) is 9.59 Å². The number of H-pyrrole nitrogens is 1. The van der Waals surface area contributed by atoms with Gasteiger partial charge in [0.1, 0.15) is 5.69 Å². The van der Waals surface area contributed by atoms with Crippen LogP contribution in [0, 0.1) is 0 Å². The zero-order valence-corrected chi connectivity index (χ0v) is 12.6. The average molecular weight is 306 g/mol. The second-order valence-electron chi connectivity index (χ2n) is 4.67. The Balaban J connectivity index is 2.04. The number of carbonyl (C=O) groups excluding carboxylic acids is 2. The van der Waals surface area contributed by atoms with Crippen LogP contribution >= 0.6 is 11.6 Å². The monoisotopic (exact) mass is 305 g/mol. The van der Waals surface area contributed by atoms with Gasteiger partial charge in [-0.3, -0.25) is 9.59 Å². The van der Waals surface area contributed by atoms with E-state index in [4.69, 9.17) is 11.6 Å². The van der Waals surface area contributed by atoms with Gasteiger partial charge in [-0.25, -0.2) is 0 Å². The first-order chi connectivity index (χ1) is 10.0. The summed E-state index contributed by atoms with van der Waals surface area (Å²) in [6.45, 7) is 0.448. The summed E-state index contributed by atoms with van der Waals surface area (Å²) in [5.41, 5.74) is 1.98. The highest BCUT2D eigenvalue weighted by molar-refractivity contribution is 6.30. The van der Waals surface area contributed by atoms with E-state index in [0.717, 1.165) is 5.56 Å². The fourth-order valence-electron chi connectivity index (χ4n) is 1.95. The lowest BCUT2D eigenvalue weighted by Crippen LogP contribution is -2.26. The lowest BCUT2D eigenvalue weighted by Gasteiger charge is -2.16. The number of hydrogen-bond donors (Lipinski definition) is 2. The van der Waals surface area contributed by atoms with Crippen LogP contribution in [-0.2, 0) is 6.54 Å². The van der Waals surface area contributed by atoms with E-state index >= 15 is 0 Å². The summed E-state index contributed by atoms with van der Waals surface area (Å²) in [4.78, 5) is 28.0. The minimum absolute atomic E-state index is 0.132. The maximum Gasteiger partial charge on any atom is 0.270 e. The molecule has 110 valence electrons. The third-order valence-electron chi connectivity index (χ3n) is 3.09. The predicted octanol–water partition coefficient (Wildman–Crippen LogP) is 2.30. The second kappa shape index (κ2) is 6.45. The van der Waals surface area contributed by atoms with Gasteiger partial charge in [-0.1, -0.05) is 23.7 Å². The van der Waals surface area contributed by atoms with Gasteiger partial charge in [0.25, 0.3) is 11.8 Å². The van der Waals surface area contributed by atoms with Crippen LogP contribution in [0.25, 0.3) is 0 Å². The Kier molecular flexibility index (Phi) is 4.65. The molecule has 5 nitrogen and oxygen atoms in total. The fraction of sp³-hybridized carbons (Fsp3) is 0.200. The minimum atomic E-state index is -0.141. The molecule has 1 aromatic heterocycles. The van der Waals surface area contributed by atoms with Crippen LogP contribution < -0.4 is 5.32 Å². The smallest absolute Gasteiger partial charge is 0.270 e. The molecule has 0 unspecified atom stereocenters. The number of aromatic nitrogens is 1. The Labute approximate surface area is 127 Å². The first kappa shape index (κ1) is 15.1. The number of carbonyl (C=O) groups is 2. The van der Waals surface area contributed by atoms with E-state index in [-0.39, 0.29) is 11.8 Å². The summed E-state index contributed by atoms with van der Waals surface area (Å²) in [6, 6.07) is 8.72. The van der Waals surface area contributed by atoms with Gasteiger partial charge >= 0.3 is 0 Å². The van der Waals surface area contributed by atoms with Crippen molar-refractivity contribution in [2.45, 2.75) is 6.54 Å². The summed E-state index contributed by atoms with van der Waals surface area (Å²) in [5.74, 6) is -0.274. The number of aromatic amines is 1. The van der Waals surface area contributed by atoms with Gasteiger partial charge in [-0.05, 0) is 23.8 Å². The van der Waals surface area contributed by atoms with Crippen molar-refractivity contribution >= 4 is 23.4 Å². The molecular weight excluding hydrogens is 290 g/mol. The van der Waals surface area contributed by atoms with Crippen molar-refractivity contribution in [2.75, 3.05) is 14.1 Å². The van der Waals surface area contributed by atoms with Gasteiger partial charge in [-0.15, -0.1) is 0 Å². The second-order valence-corrected chi connectivity index (χ2v) is 5.11. The van der Waals surface area contributed by atoms with Crippen LogP contribution in [-0.4, -0.2) is 35.8 Å². The Morgan fingerprint density at radius 3 is 2.48 bits per heavy atom. The van der Waals surface area contributed by atoms with Crippen LogP contribution in [0.1, 0.15) is 26.4 Å². The van der Waals surface area contributed by atoms with Gasteiger partial charge in [-0.2, -0.15) is 0 Å². The quantitative estimate of drug-likeness (QED) is 0.910. The van der Waals surface area contributed by atoms with Crippen LogP contribution in [0.2, 0.25) is 5.02 Å². The normalized spacial score (nSPS) is 10.2. The van der Waals surface area contributed by atoms with Crippen molar-refractivity contribution in [1.82, 2.24) is 15.2 Å². The molecule has 0 radical (unpaired) electrons.